The third-order valence-electron chi connectivity index (χ3n) is 2.46. The Kier molecular flexibility index (Phi) is 5.64. The van der Waals surface area contributed by atoms with E-state index in [2.05, 4.69) is 40.0 Å². The molecule has 0 aliphatic carbocycles. The van der Waals surface area contributed by atoms with E-state index in [4.69, 9.17) is 10.6 Å². The molecular formula is C11H26N2O. The lowest BCUT2D eigenvalue weighted by atomic mass is 9.80. The maximum Gasteiger partial charge on any atom is 0.0769 e. The van der Waals surface area contributed by atoms with Crippen LogP contribution in [0.1, 0.15) is 41.5 Å². The van der Waals surface area contributed by atoms with Crippen LogP contribution in [0.3, 0.4) is 0 Å². The highest BCUT2D eigenvalue weighted by molar-refractivity contribution is 4.87. The predicted octanol–water partition coefficient (Wildman–Crippen LogP) is 1.93. The summed E-state index contributed by atoms with van der Waals surface area (Å²) in [4.78, 5) is 0. The number of hydrazine groups is 1. The quantitative estimate of drug-likeness (QED) is 0.529. The summed E-state index contributed by atoms with van der Waals surface area (Å²) in [5.74, 6) is 6.07. The van der Waals surface area contributed by atoms with Crippen molar-refractivity contribution < 1.29 is 4.74 Å². The number of hydrogen-bond donors (Lipinski definition) is 2. The fourth-order valence-corrected chi connectivity index (χ4v) is 1.70. The number of ether oxygens (including phenoxy) is 1. The van der Waals surface area contributed by atoms with Crippen LogP contribution in [0.4, 0.5) is 0 Å². The minimum absolute atomic E-state index is 0.110. The van der Waals surface area contributed by atoms with Gasteiger partial charge in [0.15, 0.2) is 0 Å². The molecule has 0 aromatic heterocycles. The summed E-state index contributed by atoms with van der Waals surface area (Å²) in [5, 5.41) is 0. The van der Waals surface area contributed by atoms with Gasteiger partial charge in [0.05, 0.1) is 12.1 Å². The molecule has 0 saturated carbocycles. The Bertz CT molecular complexity index is 152. The minimum Gasteiger partial charge on any atom is -0.377 e. The molecule has 0 rings (SSSR count). The van der Waals surface area contributed by atoms with Crippen LogP contribution in [0, 0.1) is 11.3 Å². The summed E-state index contributed by atoms with van der Waals surface area (Å²) < 4.78 is 5.74. The Balaban J connectivity index is 4.58. The molecule has 0 spiro atoms. The number of hydrogen-bond acceptors (Lipinski definition) is 3. The molecule has 3 heteroatoms. The van der Waals surface area contributed by atoms with Gasteiger partial charge in [-0.15, -0.1) is 0 Å². The molecule has 86 valence electrons. The zero-order valence-electron chi connectivity index (χ0n) is 10.4. The highest BCUT2D eigenvalue weighted by Gasteiger charge is 2.33. The number of nitrogens with two attached hydrogens (primary N) is 1. The molecule has 0 fully saturated rings. The lowest BCUT2D eigenvalue weighted by molar-refractivity contribution is -0.0251. The maximum atomic E-state index is 5.74. The Morgan fingerprint density at radius 1 is 1.29 bits per heavy atom. The monoisotopic (exact) mass is 202 g/mol. The standard InChI is InChI=1S/C11H26N2O/c1-7-14-9(8(2)3)10(13-12)11(4,5)6/h8-10,13H,7,12H2,1-6H3. The summed E-state index contributed by atoms with van der Waals surface area (Å²) in [6.07, 6.45) is 0.171. The molecule has 0 heterocycles. The van der Waals surface area contributed by atoms with Crippen LogP contribution in [0.5, 0.6) is 0 Å². The Labute approximate surface area is 88.4 Å². The van der Waals surface area contributed by atoms with Crippen molar-refractivity contribution in [1.29, 1.82) is 0 Å². The largest absolute Gasteiger partial charge is 0.377 e. The number of rotatable bonds is 5. The molecule has 0 amide bonds. The Morgan fingerprint density at radius 2 is 1.79 bits per heavy atom. The van der Waals surface area contributed by atoms with E-state index in [0.29, 0.717) is 5.92 Å². The first kappa shape index (κ1) is 13.9. The highest BCUT2D eigenvalue weighted by atomic mass is 16.5. The average Bonchev–Trinajstić information content (AvgIpc) is 2.01. The lowest BCUT2D eigenvalue weighted by Crippen LogP contribution is -2.54. The molecule has 0 radical (unpaired) electrons. The van der Waals surface area contributed by atoms with E-state index in [1.54, 1.807) is 0 Å². The average molecular weight is 202 g/mol. The van der Waals surface area contributed by atoms with Gasteiger partial charge in [-0.25, -0.2) is 0 Å². The third kappa shape index (κ3) is 3.95. The number of nitrogens with one attached hydrogen (secondary N) is 1. The van der Waals surface area contributed by atoms with Gasteiger partial charge in [-0.1, -0.05) is 34.6 Å². The normalized spacial score (nSPS) is 17.1. The maximum absolute atomic E-state index is 5.74. The first-order valence-corrected chi connectivity index (χ1v) is 5.42. The van der Waals surface area contributed by atoms with E-state index < -0.39 is 0 Å². The molecule has 3 nitrogen and oxygen atoms in total. The fourth-order valence-electron chi connectivity index (χ4n) is 1.70. The fraction of sp³-hybridized carbons (Fsp3) is 1.00. The van der Waals surface area contributed by atoms with E-state index >= 15 is 0 Å². The van der Waals surface area contributed by atoms with Gasteiger partial charge in [-0.3, -0.25) is 11.3 Å². The molecule has 0 aliphatic heterocycles. The molecule has 2 unspecified atom stereocenters. The zero-order chi connectivity index (χ0) is 11.4. The third-order valence-corrected chi connectivity index (χ3v) is 2.46. The van der Waals surface area contributed by atoms with Crippen LogP contribution in [-0.2, 0) is 4.74 Å². The topological polar surface area (TPSA) is 47.3 Å². The van der Waals surface area contributed by atoms with Crippen LogP contribution in [0.2, 0.25) is 0 Å². The second-order valence-electron chi connectivity index (χ2n) is 5.17. The molecule has 0 bridgehead atoms. The highest BCUT2D eigenvalue weighted by Crippen LogP contribution is 2.26. The smallest absolute Gasteiger partial charge is 0.0769 e. The van der Waals surface area contributed by atoms with Gasteiger partial charge >= 0.3 is 0 Å². The van der Waals surface area contributed by atoms with Gasteiger partial charge in [0.25, 0.3) is 0 Å². The van der Waals surface area contributed by atoms with Crippen molar-refractivity contribution in [3.05, 3.63) is 0 Å². The van der Waals surface area contributed by atoms with E-state index in [0.717, 1.165) is 6.61 Å². The van der Waals surface area contributed by atoms with E-state index in [1.165, 1.54) is 0 Å². The van der Waals surface area contributed by atoms with Crippen LogP contribution in [-0.4, -0.2) is 18.8 Å². The first-order chi connectivity index (χ1) is 6.34. The molecule has 2 atom stereocenters. The van der Waals surface area contributed by atoms with Crippen molar-refractivity contribution >= 4 is 0 Å². The molecular weight excluding hydrogens is 176 g/mol. The second kappa shape index (κ2) is 5.69. The van der Waals surface area contributed by atoms with Crippen LogP contribution >= 0.6 is 0 Å². The van der Waals surface area contributed by atoms with Crippen LogP contribution in [0.25, 0.3) is 0 Å². The summed E-state index contributed by atoms with van der Waals surface area (Å²) in [6.45, 7) is 13.6. The van der Waals surface area contributed by atoms with Crippen LogP contribution in [0.15, 0.2) is 0 Å². The first-order valence-electron chi connectivity index (χ1n) is 5.42. The molecule has 3 N–H and O–H groups in total. The molecule has 0 aromatic carbocycles. The van der Waals surface area contributed by atoms with Gasteiger partial charge < -0.3 is 4.74 Å². The van der Waals surface area contributed by atoms with E-state index in [1.807, 2.05) is 6.92 Å². The van der Waals surface area contributed by atoms with Gasteiger partial charge in [-0.05, 0) is 18.3 Å². The van der Waals surface area contributed by atoms with Crippen molar-refractivity contribution in [3.8, 4) is 0 Å². The minimum atomic E-state index is 0.110. The summed E-state index contributed by atoms with van der Waals surface area (Å²) in [5.41, 5.74) is 2.99. The van der Waals surface area contributed by atoms with Crippen molar-refractivity contribution in [2.45, 2.75) is 53.7 Å². The lowest BCUT2D eigenvalue weighted by Gasteiger charge is -2.38. The van der Waals surface area contributed by atoms with Crippen molar-refractivity contribution in [3.63, 3.8) is 0 Å². The molecule has 0 aromatic rings. The second-order valence-corrected chi connectivity index (χ2v) is 5.17. The van der Waals surface area contributed by atoms with Crippen molar-refractivity contribution in [2.24, 2.45) is 17.2 Å². The van der Waals surface area contributed by atoms with Gasteiger partial charge in [-0.2, -0.15) is 0 Å². The predicted molar refractivity (Wildman–Crippen MR) is 60.8 cm³/mol. The Morgan fingerprint density at radius 3 is 2.00 bits per heavy atom. The van der Waals surface area contributed by atoms with Gasteiger partial charge in [0.1, 0.15) is 0 Å². The molecule has 0 saturated heterocycles. The Hall–Kier alpha value is -0.120. The summed E-state index contributed by atoms with van der Waals surface area (Å²) >= 11 is 0. The van der Waals surface area contributed by atoms with Gasteiger partial charge in [0, 0.05) is 6.61 Å². The van der Waals surface area contributed by atoms with Crippen molar-refractivity contribution in [2.75, 3.05) is 6.61 Å². The summed E-state index contributed by atoms with van der Waals surface area (Å²) in [7, 11) is 0. The van der Waals surface area contributed by atoms with Crippen LogP contribution < -0.4 is 11.3 Å². The van der Waals surface area contributed by atoms with E-state index in [9.17, 15) is 0 Å². The van der Waals surface area contributed by atoms with Gasteiger partial charge in [0.2, 0.25) is 0 Å². The van der Waals surface area contributed by atoms with Crippen molar-refractivity contribution in [1.82, 2.24) is 5.43 Å². The van der Waals surface area contributed by atoms with E-state index in [-0.39, 0.29) is 17.6 Å². The molecule has 14 heavy (non-hydrogen) atoms. The molecule has 0 aliphatic rings. The zero-order valence-corrected chi connectivity index (χ0v) is 10.4. The SMILES string of the molecule is CCOC(C(C)C)C(NN)C(C)(C)C. The summed E-state index contributed by atoms with van der Waals surface area (Å²) in [6, 6.07) is 0.183.